The van der Waals surface area contributed by atoms with Gasteiger partial charge in [-0.15, -0.1) is 0 Å². The van der Waals surface area contributed by atoms with Crippen molar-refractivity contribution in [2.45, 2.75) is 6.92 Å². The number of nitrogens with zero attached hydrogens (tertiary/aromatic N) is 1. The van der Waals surface area contributed by atoms with E-state index in [0.29, 0.717) is 11.4 Å². The molecule has 0 atom stereocenters. The Morgan fingerprint density at radius 2 is 1.95 bits per heavy atom. The number of imidazole rings is 1. The third-order valence-electron chi connectivity index (χ3n) is 3.54. The Kier molecular flexibility index (Phi) is 2.44. The molecule has 0 unspecified atom stereocenters. The number of benzene rings is 2. The predicted molar refractivity (Wildman–Crippen MR) is 82.3 cm³/mol. The summed E-state index contributed by atoms with van der Waals surface area (Å²) >= 11 is 0. The number of para-hydroxylation sites is 2. The van der Waals surface area contributed by atoms with Gasteiger partial charge < -0.3 is 9.40 Å². The zero-order valence-electron chi connectivity index (χ0n) is 11.4. The normalized spacial score (nSPS) is 11.3. The number of fused-ring (bicyclic) bond motifs is 2. The summed E-state index contributed by atoms with van der Waals surface area (Å²) in [5, 5.41) is 0.883. The van der Waals surface area contributed by atoms with Gasteiger partial charge >= 0.3 is 5.63 Å². The molecule has 2 heterocycles. The lowest BCUT2D eigenvalue weighted by molar-refractivity contribution is 0.561. The van der Waals surface area contributed by atoms with Crippen molar-refractivity contribution in [3.05, 3.63) is 64.5 Å². The highest BCUT2D eigenvalue weighted by atomic mass is 16.4. The molecule has 0 aliphatic heterocycles. The highest BCUT2D eigenvalue weighted by Gasteiger charge is 2.11. The van der Waals surface area contributed by atoms with Crippen LogP contribution in [-0.4, -0.2) is 9.97 Å². The maximum atomic E-state index is 11.8. The molecule has 0 fully saturated rings. The molecule has 2 aromatic carbocycles. The quantitative estimate of drug-likeness (QED) is 0.540. The van der Waals surface area contributed by atoms with Crippen molar-refractivity contribution < 1.29 is 4.42 Å². The molecule has 4 heteroatoms. The average Bonchev–Trinajstić information content (AvgIpc) is 2.90. The molecule has 2 aromatic heterocycles. The van der Waals surface area contributed by atoms with E-state index in [9.17, 15) is 4.79 Å². The summed E-state index contributed by atoms with van der Waals surface area (Å²) < 4.78 is 5.26. The maximum absolute atomic E-state index is 11.8. The first kappa shape index (κ1) is 11.9. The fourth-order valence-corrected chi connectivity index (χ4v) is 2.55. The summed E-state index contributed by atoms with van der Waals surface area (Å²) in [4.78, 5) is 19.6. The first-order valence-electron chi connectivity index (χ1n) is 6.70. The lowest BCUT2D eigenvalue weighted by Gasteiger charge is -2.03. The van der Waals surface area contributed by atoms with Gasteiger partial charge in [-0.25, -0.2) is 9.78 Å². The topological polar surface area (TPSA) is 58.9 Å². The monoisotopic (exact) mass is 276 g/mol. The van der Waals surface area contributed by atoms with E-state index in [2.05, 4.69) is 9.97 Å². The van der Waals surface area contributed by atoms with E-state index in [1.54, 1.807) is 0 Å². The molecular formula is C17H12N2O2. The number of hydrogen-bond donors (Lipinski definition) is 1. The molecule has 0 bridgehead atoms. The molecule has 0 aliphatic rings. The Morgan fingerprint density at radius 1 is 1.10 bits per heavy atom. The summed E-state index contributed by atoms with van der Waals surface area (Å²) in [5.41, 5.74) is 3.89. The van der Waals surface area contributed by atoms with E-state index in [1.807, 2.05) is 49.4 Å². The minimum absolute atomic E-state index is 0.373. The van der Waals surface area contributed by atoms with Crippen molar-refractivity contribution in [2.24, 2.45) is 0 Å². The lowest BCUT2D eigenvalue weighted by Crippen LogP contribution is -1.99. The fraction of sp³-hybridized carbons (Fsp3) is 0.0588. The third-order valence-corrected chi connectivity index (χ3v) is 3.54. The van der Waals surface area contributed by atoms with Crippen LogP contribution in [0.1, 0.15) is 5.56 Å². The minimum Gasteiger partial charge on any atom is -0.423 e. The van der Waals surface area contributed by atoms with Crippen LogP contribution in [0.25, 0.3) is 33.4 Å². The van der Waals surface area contributed by atoms with Gasteiger partial charge in [0.15, 0.2) is 0 Å². The van der Waals surface area contributed by atoms with Gasteiger partial charge in [-0.3, -0.25) is 0 Å². The number of aryl methyl sites for hydroxylation is 1. The van der Waals surface area contributed by atoms with E-state index in [1.165, 1.54) is 6.07 Å². The molecule has 102 valence electrons. The molecule has 4 rings (SSSR count). The van der Waals surface area contributed by atoms with Gasteiger partial charge in [0.05, 0.1) is 11.0 Å². The highest BCUT2D eigenvalue weighted by molar-refractivity contribution is 5.93. The van der Waals surface area contributed by atoms with Gasteiger partial charge in [-0.1, -0.05) is 23.8 Å². The number of aromatic nitrogens is 2. The van der Waals surface area contributed by atoms with Crippen LogP contribution in [0.4, 0.5) is 0 Å². The molecule has 0 saturated carbocycles. The second-order valence-electron chi connectivity index (χ2n) is 5.08. The number of nitrogens with one attached hydrogen (secondary N) is 1. The molecule has 0 aliphatic carbocycles. The van der Waals surface area contributed by atoms with Crippen LogP contribution in [0, 0.1) is 6.92 Å². The lowest BCUT2D eigenvalue weighted by atomic mass is 10.1. The number of rotatable bonds is 1. The molecule has 0 spiro atoms. The molecule has 4 aromatic rings. The zero-order valence-corrected chi connectivity index (χ0v) is 11.4. The smallest absolute Gasteiger partial charge is 0.336 e. The molecule has 0 amide bonds. The van der Waals surface area contributed by atoms with Crippen LogP contribution in [0.15, 0.2) is 57.7 Å². The van der Waals surface area contributed by atoms with E-state index in [0.717, 1.165) is 27.5 Å². The molecular weight excluding hydrogens is 264 g/mol. The van der Waals surface area contributed by atoms with Crippen molar-refractivity contribution in [1.29, 1.82) is 0 Å². The van der Waals surface area contributed by atoms with Gasteiger partial charge in [0, 0.05) is 17.0 Å². The second kappa shape index (κ2) is 4.31. The van der Waals surface area contributed by atoms with Crippen LogP contribution in [-0.2, 0) is 0 Å². The van der Waals surface area contributed by atoms with Crippen LogP contribution in [0.5, 0.6) is 0 Å². The van der Waals surface area contributed by atoms with E-state index < -0.39 is 0 Å². The van der Waals surface area contributed by atoms with Gasteiger partial charge in [0.25, 0.3) is 0 Å². The van der Waals surface area contributed by atoms with Crippen LogP contribution in [0.3, 0.4) is 0 Å². The Morgan fingerprint density at radius 3 is 2.81 bits per heavy atom. The largest absolute Gasteiger partial charge is 0.423 e. The van der Waals surface area contributed by atoms with Crippen molar-refractivity contribution in [3.63, 3.8) is 0 Å². The summed E-state index contributed by atoms with van der Waals surface area (Å²) in [6.45, 7) is 2.01. The van der Waals surface area contributed by atoms with E-state index >= 15 is 0 Å². The number of aromatic amines is 1. The number of H-pyrrole nitrogens is 1. The number of hydrogen-bond acceptors (Lipinski definition) is 3. The minimum atomic E-state index is -0.373. The summed E-state index contributed by atoms with van der Waals surface area (Å²) in [5.74, 6) is 0.680. The van der Waals surface area contributed by atoms with Gasteiger partial charge in [-0.05, 0) is 31.2 Å². The van der Waals surface area contributed by atoms with Gasteiger partial charge in [0.2, 0.25) is 0 Å². The molecule has 4 nitrogen and oxygen atoms in total. The van der Waals surface area contributed by atoms with Gasteiger partial charge in [-0.2, -0.15) is 0 Å². The first-order valence-corrected chi connectivity index (χ1v) is 6.70. The average molecular weight is 276 g/mol. The highest BCUT2D eigenvalue weighted by Crippen LogP contribution is 2.27. The van der Waals surface area contributed by atoms with Gasteiger partial charge in [0.1, 0.15) is 11.4 Å². The molecule has 0 saturated heterocycles. The zero-order chi connectivity index (χ0) is 14.4. The van der Waals surface area contributed by atoms with E-state index in [4.69, 9.17) is 4.42 Å². The fourth-order valence-electron chi connectivity index (χ4n) is 2.55. The predicted octanol–water partition coefficient (Wildman–Crippen LogP) is 3.64. The Hall–Kier alpha value is -2.88. The second-order valence-corrected chi connectivity index (χ2v) is 5.08. The molecule has 1 N–H and O–H groups in total. The Labute approximate surface area is 120 Å². The summed E-state index contributed by atoms with van der Waals surface area (Å²) in [6.07, 6.45) is 0. The summed E-state index contributed by atoms with van der Waals surface area (Å²) in [7, 11) is 0. The van der Waals surface area contributed by atoms with Crippen molar-refractivity contribution in [3.8, 4) is 11.4 Å². The first-order chi connectivity index (χ1) is 10.2. The third kappa shape index (κ3) is 1.92. The van der Waals surface area contributed by atoms with Crippen LogP contribution >= 0.6 is 0 Å². The maximum Gasteiger partial charge on any atom is 0.336 e. The van der Waals surface area contributed by atoms with Crippen molar-refractivity contribution in [1.82, 2.24) is 9.97 Å². The Bertz CT molecular complexity index is 995. The van der Waals surface area contributed by atoms with E-state index in [-0.39, 0.29) is 5.63 Å². The standard InChI is InChI=1S/C17H12N2O2/c1-10-6-7-15-11(8-10)12(9-16(20)21-15)17-18-13-4-2-3-5-14(13)19-17/h2-9H,1H3,(H,18,19). The molecule has 21 heavy (non-hydrogen) atoms. The molecule has 0 radical (unpaired) electrons. The van der Waals surface area contributed by atoms with Crippen LogP contribution in [0.2, 0.25) is 0 Å². The van der Waals surface area contributed by atoms with Crippen molar-refractivity contribution in [2.75, 3.05) is 0 Å². The summed E-state index contributed by atoms with van der Waals surface area (Å²) in [6, 6.07) is 15.0. The van der Waals surface area contributed by atoms with Crippen LogP contribution < -0.4 is 5.63 Å². The SMILES string of the molecule is Cc1ccc2oc(=O)cc(-c3nc4ccccc4[nH]3)c2c1. The Balaban J connectivity index is 2.09. The van der Waals surface area contributed by atoms with Crippen molar-refractivity contribution >= 4 is 22.0 Å².